The highest BCUT2D eigenvalue weighted by Crippen LogP contribution is 2.30. The first-order valence-electron chi connectivity index (χ1n) is 6.77. The topological polar surface area (TPSA) is 51.4 Å². The van der Waals surface area contributed by atoms with Gasteiger partial charge < -0.3 is 15.4 Å². The van der Waals surface area contributed by atoms with Gasteiger partial charge in [-0.15, -0.1) is 0 Å². The average Bonchev–Trinajstić information content (AvgIpc) is 2.67. The molecule has 0 spiro atoms. The van der Waals surface area contributed by atoms with Gasteiger partial charge in [-0.25, -0.2) is 0 Å². The lowest BCUT2D eigenvalue weighted by atomic mass is 10.1. The van der Waals surface area contributed by atoms with E-state index in [4.69, 9.17) is 10.5 Å². The summed E-state index contributed by atoms with van der Waals surface area (Å²) in [5.74, 6) is 2.27. The van der Waals surface area contributed by atoms with E-state index in [-0.39, 0.29) is 0 Å². The van der Waals surface area contributed by atoms with Crippen molar-refractivity contribution in [2.45, 2.75) is 39.7 Å². The third-order valence-electron chi connectivity index (χ3n) is 3.40. The molecule has 4 nitrogen and oxygen atoms in total. The number of aromatic nitrogens is 1. The molecule has 2 atom stereocenters. The highest BCUT2D eigenvalue weighted by atomic mass is 16.5. The van der Waals surface area contributed by atoms with Gasteiger partial charge in [0, 0.05) is 12.6 Å². The van der Waals surface area contributed by atoms with E-state index in [0.717, 1.165) is 24.7 Å². The molecule has 1 aromatic rings. The molecule has 18 heavy (non-hydrogen) atoms. The summed E-state index contributed by atoms with van der Waals surface area (Å²) in [6.45, 7) is 8.32. The monoisotopic (exact) mass is 249 g/mol. The van der Waals surface area contributed by atoms with E-state index in [2.05, 4.69) is 30.7 Å². The van der Waals surface area contributed by atoms with Crippen LogP contribution in [-0.2, 0) is 0 Å². The van der Waals surface area contributed by atoms with Crippen LogP contribution in [0.1, 0.15) is 33.6 Å². The predicted molar refractivity (Wildman–Crippen MR) is 75.0 cm³/mol. The number of anilines is 2. The van der Waals surface area contributed by atoms with Gasteiger partial charge in [0.25, 0.3) is 0 Å². The van der Waals surface area contributed by atoms with Crippen LogP contribution in [0.5, 0.6) is 5.88 Å². The van der Waals surface area contributed by atoms with Gasteiger partial charge >= 0.3 is 0 Å². The molecule has 1 aromatic heterocycles. The fourth-order valence-electron chi connectivity index (χ4n) is 2.53. The molecule has 1 fully saturated rings. The van der Waals surface area contributed by atoms with Gasteiger partial charge in [0.15, 0.2) is 0 Å². The molecule has 2 heterocycles. The molecule has 0 amide bonds. The Labute approximate surface area is 109 Å². The third-order valence-corrected chi connectivity index (χ3v) is 3.40. The maximum atomic E-state index is 5.88. The van der Waals surface area contributed by atoms with Crippen molar-refractivity contribution in [1.29, 1.82) is 0 Å². The van der Waals surface area contributed by atoms with E-state index in [1.807, 2.05) is 12.1 Å². The van der Waals surface area contributed by atoms with Crippen molar-refractivity contribution < 1.29 is 4.74 Å². The smallest absolute Gasteiger partial charge is 0.239 e. The lowest BCUT2D eigenvalue weighted by molar-refractivity contribution is 0.307. The Hall–Kier alpha value is -1.45. The Balaban J connectivity index is 2.18. The summed E-state index contributed by atoms with van der Waals surface area (Å²) in [5.41, 5.74) is 6.50. The average molecular weight is 249 g/mol. The molecular formula is C14H23N3O. The molecule has 0 aromatic carbocycles. The van der Waals surface area contributed by atoms with E-state index in [0.29, 0.717) is 24.2 Å². The number of nitrogens with zero attached hydrogens (tertiary/aromatic N) is 2. The second kappa shape index (κ2) is 5.46. The van der Waals surface area contributed by atoms with Crippen LogP contribution in [0.2, 0.25) is 0 Å². The van der Waals surface area contributed by atoms with E-state index >= 15 is 0 Å². The van der Waals surface area contributed by atoms with Crippen molar-refractivity contribution in [3.8, 4) is 5.88 Å². The molecule has 4 heteroatoms. The van der Waals surface area contributed by atoms with Crippen molar-refractivity contribution in [3.63, 3.8) is 0 Å². The summed E-state index contributed by atoms with van der Waals surface area (Å²) in [6.07, 6.45) is 2.18. The highest BCUT2D eigenvalue weighted by molar-refractivity contribution is 5.55. The second-order valence-electron chi connectivity index (χ2n) is 5.25. The molecule has 2 unspecified atom stereocenters. The number of hydrogen-bond acceptors (Lipinski definition) is 4. The fraction of sp³-hybridized carbons (Fsp3) is 0.643. The summed E-state index contributed by atoms with van der Waals surface area (Å²) in [6, 6.07) is 4.42. The van der Waals surface area contributed by atoms with Gasteiger partial charge in [-0.1, -0.05) is 13.8 Å². The van der Waals surface area contributed by atoms with Crippen LogP contribution in [-0.4, -0.2) is 24.2 Å². The van der Waals surface area contributed by atoms with Crippen LogP contribution in [0.25, 0.3) is 0 Å². The normalized spacial score (nSPS) is 23.4. The summed E-state index contributed by atoms with van der Waals surface area (Å²) >= 11 is 0. The molecule has 0 bridgehead atoms. The molecule has 0 radical (unpaired) electrons. The van der Waals surface area contributed by atoms with Crippen molar-refractivity contribution >= 4 is 11.5 Å². The zero-order valence-electron chi connectivity index (χ0n) is 11.5. The second-order valence-corrected chi connectivity index (χ2v) is 5.25. The zero-order chi connectivity index (χ0) is 13.1. The van der Waals surface area contributed by atoms with E-state index in [1.54, 1.807) is 0 Å². The van der Waals surface area contributed by atoms with Gasteiger partial charge in [-0.2, -0.15) is 4.98 Å². The van der Waals surface area contributed by atoms with Gasteiger partial charge in [0.1, 0.15) is 5.82 Å². The number of ether oxygens (including phenoxy) is 1. The van der Waals surface area contributed by atoms with Crippen LogP contribution >= 0.6 is 0 Å². The standard InChI is InChI=1S/C14H23N3O/c1-4-7-18-14-12(15)5-6-13(16-14)17-9-10(2)8-11(17)3/h5-6,10-11H,4,7-9,15H2,1-3H3. The van der Waals surface area contributed by atoms with Crippen LogP contribution < -0.4 is 15.4 Å². The fourth-order valence-corrected chi connectivity index (χ4v) is 2.53. The molecule has 1 saturated heterocycles. The zero-order valence-corrected chi connectivity index (χ0v) is 11.5. The first-order chi connectivity index (χ1) is 8.61. The van der Waals surface area contributed by atoms with Crippen molar-refractivity contribution in [2.24, 2.45) is 5.92 Å². The van der Waals surface area contributed by atoms with Gasteiger partial charge in [-0.3, -0.25) is 0 Å². The minimum atomic E-state index is 0.537. The molecule has 2 rings (SSSR count). The Kier molecular flexibility index (Phi) is 3.94. The Morgan fingerprint density at radius 2 is 2.22 bits per heavy atom. The lowest BCUT2D eigenvalue weighted by Gasteiger charge is -2.23. The van der Waals surface area contributed by atoms with Crippen molar-refractivity contribution in [2.75, 3.05) is 23.8 Å². The Bertz CT molecular complexity index is 408. The van der Waals surface area contributed by atoms with Gasteiger partial charge in [0.2, 0.25) is 5.88 Å². The minimum absolute atomic E-state index is 0.537. The van der Waals surface area contributed by atoms with E-state index in [1.165, 1.54) is 6.42 Å². The Morgan fingerprint density at radius 3 is 2.83 bits per heavy atom. The minimum Gasteiger partial charge on any atom is -0.476 e. The quantitative estimate of drug-likeness (QED) is 0.891. The summed E-state index contributed by atoms with van der Waals surface area (Å²) in [4.78, 5) is 6.89. The number of nitrogens with two attached hydrogens (primary N) is 1. The van der Waals surface area contributed by atoms with E-state index in [9.17, 15) is 0 Å². The molecule has 2 N–H and O–H groups in total. The number of hydrogen-bond donors (Lipinski definition) is 1. The molecule has 0 aliphatic carbocycles. The maximum Gasteiger partial charge on any atom is 0.239 e. The molecule has 100 valence electrons. The summed E-state index contributed by atoms with van der Waals surface area (Å²) in [7, 11) is 0. The van der Waals surface area contributed by atoms with Crippen molar-refractivity contribution in [3.05, 3.63) is 12.1 Å². The molecular weight excluding hydrogens is 226 g/mol. The number of pyridine rings is 1. The SMILES string of the molecule is CCCOc1nc(N2CC(C)CC2C)ccc1N. The van der Waals surface area contributed by atoms with Gasteiger partial charge in [0.05, 0.1) is 12.3 Å². The predicted octanol–water partition coefficient (Wildman–Crippen LogP) is 2.69. The first kappa shape index (κ1) is 13.0. The molecule has 1 aliphatic rings. The van der Waals surface area contributed by atoms with E-state index < -0.39 is 0 Å². The number of nitrogen functional groups attached to an aromatic ring is 1. The summed E-state index contributed by atoms with van der Waals surface area (Å²) in [5, 5.41) is 0. The lowest BCUT2D eigenvalue weighted by Crippen LogP contribution is -2.27. The molecule has 0 saturated carbocycles. The molecule has 1 aliphatic heterocycles. The third kappa shape index (κ3) is 2.68. The van der Waals surface area contributed by atoms with Crippen LogP contribution in [0, 0.1) is 5.92 Å². The maximum absolute atomic E-state index is 5.88. The van der Waals surface area contributed by atoms with Crippen LogP contribution in [0.3, 0.4) is 0 Å². The summed E-state index contributed by atoms with van der Waals surface area (Å²) < 4.78 is 5.59. The van der Waals surface area contributed by atoms with Gasteiger partial charge in [-0.05, 0) is 37.8 Å². The first-order valence-corrected chi connectivity index (χ1v) is 6.77. The van der Waals surface area contributed by atoms with Crippen LogP contribution in [0.15, 0.2) is 12.1 Å². The van der Waals surface area contributed by atoms with Crippen molar-refractivity contribution in [1.82, 2.24) is 4.98 Å². The van der Waals surface area contributed by atoms with Crippen LogP contribution in [0.4, 0.5) is 11.5 Å². The number of rotatable bonds is 4. The highest BCUT2D eigenvalue weighted by Gasteiger charge is 2.27. The Morgan fingerprint density at radius 1 is 1.44 bits per heavy atom. The largest absolute Gasteiger partial charge is 0.476 e.